The summed E-state index contributed by atoms with van der Waals surface area (Å²) < 4.78 is 0. The molecule has 0 fully saturated rings. The molecule has 0 saturated heterocycles. The lowest BCUT2D eigenvalue weighted by atomic mass is 10.1. The van der Waals surface area contributed by atoms with Crippen molar-refractivity contribution in [2.45, 2.75) is 26.1 Å². The van der Waals surface area contributed by atoms with E-state index < -0.39 is 14.2 Å². The lowest BCUT2D eigenvalue weighted by Crippen LogP contribution is -2.33. The zero-order valence-corrected chi connectivity index (χ0v) is 10.5. The molecule has 0 radical (unpaired) electrons. The second-order valence-electron chi connectivity index (χ2n) is 4.71. The van der Waals surface area contributed by atoms with Crippen molar-refractivity contribution >= 4 is 14.2 Å². The van der Waals surface area contributed by atoms with Gasteiger partial charge in [-0.05, 0) is 6.42 Å². The maximum atomic E-state index is 10.6. The second-order valence-corrected chi connectivity index (χ2v) is 9.46. The first-order chi connectivity index (χ1) is 6.88. The third-order valence-corrected chi connectivity index (χ3v) is 2.95. The van der Waals surface area contributed by atoms with E-state index in [1.54, 1.807) is 0 Å². The second kappa shape index (κ2) is 4.54. The van der Waals surface area contributed by atoms with Gasteiger partial charge in [0.1, 0.15) is 8.07 Å². The largest absolute Gasteiger partial charge is 0.465 e. The van der Waals surface area contributed by atoms with Crippen LogP contribution in [0.3, 0.4) is 0 Å². The van der Waals surface area contributed by atoms with Gasteiger partial charge in [-0.15, -0.1) is 5.54 Å². The SMILES string of the molecule is C[Si](C)(C)C#CC1=CCN(C(=O)O)CC1. The van der Waals surface area contributed by atoms with E-state index >= 15 is 0 Å². The van der Waals surface area contributed by atoms with Gasteiger partial charge < -0.3 is 10.0 Å². The molecule has 1 amide bonds. The monoisotopic (exact) mass is 223 g/mol. The van der Waals surface area contributed by atoms with Gasteiger partial charge in [0.2, 0.25) is 0 Å². The average Bonchev–Trinajstić information content (AvgIpc) is 2.14. The first-order valence-electron chi connectivity index (χ1n) is 5.08. The van der Waals surface area contributed by atoms with Crippen molar-refractivity contribution in [3.05, 3.63) is 11.6 Å². The Labute approximate surface area is 91.8 Å². The van der Waals surface area contributed by atoms with Gasteiger partial charge in [0.15, 0.2) is 0 Å². The molecule has 0 aromatic carbocycles. The maximum Gasteiger partial charge on any atom is 0.407 e. The van der Waals surface area contributed by atoms with E-state index in [-0.39, 0.29) is 0 Å². The van der Waals surface area contributed by atoms with Gasteiger partial charge in [0.05, 0.1) is 0 Å². The lowest BCUT2D eigenvalue weighted by molar-refractivity contribution is 0.149. The van der Waals surface area contributed by atoms with Gasteiger partial charge in [-0.3, -0.25) is 0 Å². The predicted molar refractivity (Wildman–Crippen MR) is 63.4 cm³/mol. The minimum atomic E-state index is -1.31. The minimum absolute atomic E-state index is 0.477. The molecule has 3 nitrogen and oxygen atoms in total. The van der Waals surface area contributed by atoms with Crippen molar-refractivity contribution in [2.75, 3.05) is 13.1 Å². The highest BCUT2D eigenvalue weighted by molar-refractivity contribution is 6.83. The highest BCUT2D eigenvalue weighted by atomic mass is 28.3. The van der Waals surface area contributed by atoms with E-state index in [0.29, 0.717) is 13.1 Å². The Morgan fingerprint density at radius 2 is 2.20 bits per heavy atom. The minimum Gasteiger partial charge on any atom is -0.465 e. The number of carboxylic acid groups (broad SMARTS) is 1. The Bertz CT molecular complexity index is 344. The zero-order chi connectivity index (χ0) is 11.5. The van der Waals surface area contributed by atoms with E-state index in [1.165, 1.54) is 4.90 Å². The molecule has 15 heavy (non-hydrogen) atoms. The molecule has 1 N–H and O–H groups in total. The van der Waals surface area contributed by atoms with E-state index in [0.717, 1.165) is 12.0 Å². The van der Waals surface area contributed by atoms with Crippen molar-refractivity contribution in [1.82, 2.24) is 4.90 Å². The Hall–Kier alpha value is -1.21. The Morgan fingerprint density at radius 1 is 1.53 bits per heavy atom. The first kappa shape index (κ1) is 11.9. The van der Waals surface area contributed by atoms with Crippen molar-refractivity contribution < 1.29 is 9.90 Å². The molecule has 0 spiro atoms. The van der Waals surface area contributed by atoms with Crippen LogP contribution in [0.5, 0.6) is 0 Å². The van der Waals surface area contributed by atoms with Crippen molar-refractivity contribution in [2.24, 2.45) is 0 Å². The van der Waals surface area contributed by atoms with E-state index in [9.17, 15) is 4.79 Å². The zero-order valence-electron chi connectivity index (χ0n) is 9.50. The molecule has 1 aliphatic rings. The van der Waals surface area contributed by atoms with Gasteiger partial charge in [0, 0.05) is 18.7 Å². The molecule has 0 aromatic heterocycles. The normalized spacial score (nSPS) is 16.5. The molecule has 1 aliphatic heterocycles. The predicted octanol–water partition coefficient (Wildman–Crippen LogP) is 2.18. The van der Waals surface area contributed by atoms with Crippen LogP contribution in [0.1, 0.15) is 6.42 Å². The third kappa shape index (κ3) is 4.22. The van der Waals surface area contributed by atoms with Gasteiger partial charge >= 0.3 is 6.09 Å². The van der Waals surface area contributed by atoms with Crippen LogP contribution in [-0.2, 0) is 0 Å². The fraction of sp³-hybridized carbons (Fsp3) is 0.545. The van der Waals surface area contributed by atoms with Gasteiger partial charge in [0.25, 0.3) is 0 Å². The summed E-state index contributed by atoms with van der Waals surface area (Å²) in [6.07, 6.45) is 1.83. The van der Waals surface area contributed by atoms with Crippen LogP contribution in [0, 0.1) is 11.5 Å². The lowest BCUT2D eigenvalue weighted by Gasteiger charge is -2.21. The fourth-order valence-corrected chi connectivity index (χ4v) is 1.76. The highest BCUT2D eigenvalue weighted by Crippen LogP contribution is 2.10. The van der Waals surface area contributed by atoms with Crippen LogP contribution in [0.2, 0.25) is 19.6 Å². The number of hydrogen-bond acceptors (Lipinski definition) is 1. The molecule has 1 heterocycles. The quantitative estimate of drug-likeness (QED) is 0.505. The summed E-state index contributed by atoms with van der Waals surface area (Å²) in [5.41, 5.74) is 4.38. The Kier molecular flexibility index (Phi) is 3.59. The molecule has 0 saturated carbocycles. The summed E-state index contributed by atoms with van der Waals surface area (Å²) in [5, 5.41) is 8.75. The van der Waals surface area contributed by atoms with Gasteiger partial charge in [-0.25, -0.2) is 4.79 Å². The van der Waals surface area contributed by atoms with Crippen molar-refractivity contribution in [3.63, 3.8) is 0 Å². The summed E-state index contributed by atoms with van der Waals surface area (Å²) in [5.74, 6) is 3.17. The summed E-state index contributed by atoms with van der Waals surface area (Å²) in [6, 6.07) is 0. The maximum absolute atomic E-state index is 10.6. The average molecular weight is 223 g/mol. The van der Waals surface area contributed by atoms with Crippen molar-refractivity contribution in [3.8, 4) is 11.5 Å². The summed E-state index contributed by atoms with van der Waals surface area (Å²) >= 11 is 0. The Morgan fingerprint density at radius 3 is 2.60 bits per heavy atom. The summed E-state index contributed by atoms with van der Waals surface area (Å²) in [6.45, 7) is 7.65. The van der Waals surface area contributed by atoms with Gasteiger partial charge in [-0.1, -0.05) is 31.6 Å². The summed E-state index contributed by atoms with van der Waals surface area (Å²) in [4.78, 5) is 12.0. The molecule has 0 aromatic rings. The van der Waals surface area contributed by atoms with Crippen molar-refractivity contribution in [1.29, 1.82) is 0 Å². The number of nitrogens with zero attached hydrogens (tertiary/aromatic N) is 1. The topological polar surface area (TPSA) is 40.5 Å². The molecule has 0 bridgehead atoms. The molecule has 82 valence electrons. The molecule has 0 unspecified atom stereocenters. The number of hydrogen-bond donors (Lipinski definition) is 1. The summed E-state index contributed by atoms with van der Waals surface area (Å²) in [7, 11) is -1.31. The van der Waals surface area contributed by atoms with E-state index in [2.05, 4.69) is 31.1 Å². The number of amides is 1. The molecular formula is C11H17NO2Si. The molecular weight excluding hydrogens is 206 g/mol. The van der Waals surface area contributed by atoms with E-state index in [1.807, 2.05) is 6.08 Å². The standard InChI is InChI=1S/C11H17NO2Si/c1-15(2,3)9-6-10-4-7-12(8-5-10)11(13)14/h4H,5,7-8H2,1-3H3,(H,13,14). The van der Waals surface area contributed by atoms with Crippen LogP contribution in [0.25, 0.3) is 0 Å². The van der Waals surface area contributed by atoms with Crippen LogP contribution in [0.4, 0.5) is 4.79 Å². The highest BCUT2D eigenvalue weighted by Gasteiger charge is 2.15. The van der Waals surface area contributed by atoms with Crippen LogP contribution >= 0.6 is 0 Å². The molecule has 0 atom stereocenters. The third-order valence-electron chi connectivity index (χ3n) is 2.08. The fourth-order valence-electron chi connectivity index (χ4n) is 1.22. The van der Waals surface area contributed by atoms with Gasteiger partial charge in [-0.2, -0.15) is 0 Å². The van der Waals surface area contributed by atoms with Crippen LogP contribution in [-0.4, -0.2) is 37.3 Å². The first-order valence-corrected chi connectivity index (χ1v) is 8.58. The number of carbonyl (C=O) groups is 1. The number of rotatable bonds is 0. The molecule has 4 heteroatoms. The van der Waals surface area contributed by atoms with E-state index in [4.69, 9.17) is 5.11 Å². The van der Waals surface area contributed by atoms with Crippen LogP contribution in [0.15, 0.2) is 11.6 Å². The Balaban J connectivity index is 2.61. The van der Waals surface area contributed by atoms with Crippen LogP contribution < -0.4 is 0 Å². The molecule has 1 rings (SSSR count). The smallest absolute Gasteiger partial charge is 0.407 e. The molecule has 0 aliphatic carbocycles.